The Kier molecular flexibility index (Phi) is 5.33. The molecule has 2 rings (SSSR count). The van der Waals surface area contributed by atoms with E-state index in [-0.39, 0.29) is 30.2 Å². The minimum atomic E-state index is -0.558. The fourth-order valence-electron chi connectivity index (χ4n) is 3.21. The maximum absolute atomic E-state index is 12.4. The minimum absolute atomic E-state index is 0.0605. The van der Waals surface area contributed by atoms with E-state index in [0.717, 1.165) is 25.7 Å². The molecule has 1 saturated carbocycles. The van der Waals surface area contributed by atoms with Crippen molar-refractivity contribution in [2.75, 3.05) is 6.54 Å². The fourth-order valence-corrected chi connectivity index (χ4v) is 3.21. The Morgan fingerprint density at radius 1 is 1.29 bits per heavy atom. The normalized spacial score (nSPS) is 25.2. The van der Waals surface area contributed by atoms with E-state index >= 15 is 0 Å². The van der Waals surface area contributed by atoms with Gasteiger partial charge < -0.3 is 5.32 Å². The van der Waals surface area contributed by atoms with Crippen molar-refractivity contribution in [1.29, 1.82) is 0 Å². The molecule has 2 unspecified atom stereocenters. The van der Waals surface area contributed by atoms with Gasteiger partial charge in [-0.25, -0.2) is 0 Å². The van der Waals surface area contributed by atoms with Gasteiger partial charge in [-0.2, -0.15) is 0 Å². The van der Waals surface area contributed by atoms with Gasteiger partial charge >= 0.3 is 0 Å². The maximum atomic E-state index is 12.4. The fraction of sp³-hybridized carbons (Fsp3) is 0.800. The summed E-state index contributed by atoms with van der Waals surface area (Å²) in [6, 6.07) is -0.972. The van der Waals surface area contributed by atoms with Crippen molar-refractivity contribution >= 4 is 17.7 Å². The van der Waals surface area contributed by atoms with Gasteiger partial charge in [-0.05, 0) is 26.7 Å². The summed E-state index contributed by atoms with van der Waals surface area (Å²) >= 11 is 0. The number of likely N-dealkylation sites (tertiary alicyclic amines) is 1. The van der Waals surface area contributed by atoms with Crippen molar-refractivity contribution in [2.45, 2.75) is 70.5 Å². The topological polar surface area (TPSA) is 78.5 Å². The summed E-state index contributed by atoms with van der Waals surface area (Å²) in [4.78, 5) is 37.7. The SMILES string of the molecule is CCNC(=O)C(C)NC1CC(=O)N(C2CCCCC2)C1=O. The molecular weight excluding hydrogens is 270 g/mol. The van der Waals surface area contributed by atoms with Gasteiger partial charge in [-0.1, -0.05) is 19.3 Å². The summed E-state index contributed by atoms with van der Waals surface area (Å²) in [5.74, 6) is -0.413. The van der Waals surface area contributed by atoms with Crippen molar-refractivity contribution < 1.29 is 14.4 Å². The summed E-state index contributed by atoms with van der Waals surface area (Å²) in [6.07, 6.45) is 5.33. The number of carbonyl (C=O) groups is 3. The first-order valence-corrected chi connectivity index (χ1v) is 7.94. The number of rotatable bonds is 5. The molecule has 3 amide bonds. The predicted octanol–water partition coefficient (Wildman–Crippen LogP) is 0.561. The number of nitrogens with zero attached hydrogens (tertiary/aromatic N) is 1. The summed E-state index contributed by atoms with van der Waals surface area (Å²) in [7, 11) is 0. The summed E-state index contributed by atoms with van der Waals surface area (Å²) in [5.41, 5.74) is 0. The van der Waals surface area contributed by atoms with E-state index in [1.54, 1.807) is 6.92 Å². The molecule has 1 aliphatic carbocycles. The average molecular weight is 295 g/mol. The van der Waals surface area contributed by atoms with Crippen LogP contribution in [0, 0.1) is 0 Å². The smallest absolute Gasteiger partial charge is 0.247 e. The van der Waals surface area contributed by atoms with Crippen LogP contribution in [0.25, 0.3) is 0 Å². The van der Waals surface area contributed by atoms with Crippen molar-refractivity contribution in [3.05, 3.63) is 0 Å². The molecule has 0 aromatic rings. The first-order chi connectivity index (χ1) is 10.0. The molecule has 0 aromatic heterocycles. The highest BCUT2D eigenvalue weighted by atomic mass is 16.2. The Labute approximate surface area is 125 Å². The first-order valence-electron chi connectivity index (χ1n) is 7.94. The molecule has 2 fully saturated rings. The van der Waals surface area contributed by atoms with Gasteiger partial charge in [0.15, 0.2) is 0 Å². The number of likely N-dealkylation sites (N-methyl/N-ethyl adjacent to an activating group) is 1. The van der Waals surface area contributed by atoms with Crippen LogP contribution in [0.5, 0.6) is 0 Å². The Bertz CT molecular complexity index is 418. The molecule has 0 radical (unpaired) electrons. The molecule has 21 heavy (non-hydrogen) atoms. The average Bonchev–Trinajstić information content (AvgIpc) is 2.74. The summed E-state index contributed by atoms with van der Waals surface area (Å²) < 4.78 is 0. The van der Waals surface area contributed by atoms with Crippen LogP contribution in [0.2, 0.25) is 0 Å². The van der Waals surface area contributed by atoms with E-state index in [1.165, 1.54) is 11.3 Å². The van der Waals surface area contributed by atoms with Crippen LogP contribution < -0.4 is 10.6 Å². The quantitative estimate of drug-likeness (QED) is 0.727. The number of amides is 3. The number of carbonyl (C=O) groups excluding carboxylic acids is 3. The Hall–Kier alpha value is -1.43. The zero-order valence-electron chi connectivity index (χ0n) is 12.9. The van der Waals surface area contributed by atoms with E-state index in [0.29, 0.717) is 6.54 Å². The Morgan fingerprint density at radius 2 is 1.95 bits per heavy atom. The van der Waals surface area contributed by atoms with Gasteiger partial charge in [0.25, 0.3) is 0 Å². The molecule has 6 heteroatoms. The van der Waals surface area contributed by atoms with E-state index in [9.17, 15) is 14.4 Å². The number of nitrogens with one attached hydrogen (secondary N) is 2. The van der Waals surface area contributed by atoms with Gasteiger partial charge in [-0.3, -0.25) is 24.6 Å². The molecule has 2 aliphatic rings. The van der Waals surface area contributed by atoms with E-state index in [1.807, 2.05) is 6.92 Å². The van der Waals surface area contributed by atoms with Crippen LogP contribution >= 0.6 is 0 Å². The zero-order chi connectivity index (χ0) is 15.4. The second-order valence-corrected chi connectivity index (χ2v) is 5.93. The lowest BCUT2D eigenvalue weighted by atomic mass is 9.94. The van der Waals surface area contributed by atoms with Crippen molar-refractivity contribution in [2.24, 2.45) is 0 Å². The first kappa shape index (κ1) is 15.9. The van der Waals surface area contributed by atoms with Gasteiger partial charge in [-0.15, -0.1) is 0 Å². The van der Waals surface area contributed by atoms with Crippen molar-refractivity contribution in [3.63, 3.8) is 0 Å². The predicted molar refractivity (Wildman–Crippen MR) is 78.4 cm³/mol. The third-order valence-corrected chi connectivity index (χ3v) is 4.32. The lowest BCUT2D eigenvalue weighted by Crippen LogP contribution is -2.50. The lowest BCUT2D eigenvalue weighted by Gasteiger charge is -2.30. The van der Waals surface area contributed by atoms with Crippen LogP contribution in [0.15, 0.2) is 0 Å². The Balaban J connectivity index is 1.95. The highest BCUT2D eigenvalue weighted by Gasteiger charge is 2.43. The van der Waals surface area contributed by atoms with E-state index in [4.69, 9.17) is 0 Å². The van der Waals surface area contributed by atoms with Crippen LogP contribution in [0.3, 0.4) is 0 Å². The highest BCUT2D eigenvalue weighted by Crippen LogP contribution is 2.27. The maximum Gasteiger partial charge on any atom is 0.247 e. The lowest BCUT2D eigenvalue weighted by molar-refractivity contribution is -0.142. The summed E-state index contributed by atoms with van der Waals surface area (Å²) in [5, 5.41) is 5.70. The molecule has 1 aliphatic heterocycles. The van der Waals surface area contributed by atoms with Gasteiger partial charge in [0.1, 0.15) is 0 Å². The minimum Gasteiger partial charge on any atom is -0.355 e. The molecule has 0 spiro atoms. The van der Waals surface area contributed by atoms with Gasteiger partial charge in [0, 0.05) is 12.6 Å². The van der Waals surface area contributed by atoms with Crippen LogP contribution in [-0.2, 0) is 14.4 Å². The molecule has 1 heterocycles. The molecule has 2 atom stereocenters. The third kappa shape index (κ3) is 3.61. The molecule has 2 N–H and O–H groups in total. The molecule has 6 nitrogen and oxygen atoms in total. The van der Waals surface area contributed by atoms with Crippen LogP contribution in [-0.4, -0.2) is 47.3 Å². The monoisotopic (exact) mass is 295 g/mol. The van der Waals surface area contributed by atoms with Gasteiger partial charge in [0.2, 0.25) is 17.7 Å². The second-order valence-electron chi connectivity index (χ2n) is 5.93. The van der Waals surface area contributed by atoms with Crippen molar-refractivity contribution in [3.8, 4) is 0 Å². The van der Waals surface area contributed by atoms with E-state index < -0.39 is 12.1 Å². The zero-order valence-corrected chi connectivity index (χ0v) is 12.9. The largest absolute Gasteiger partial charge is 0.355 e. The molecule has 1 saturated heterocycles. The van der Waals surface area contributed by atoms with E-state index in [2.05, 4.69) is 10.6 Å². The van der Waals surface area contributed by atoms with Crippen LogP contribution in [0.1, 0.15) is 52.4 Å². The molecule has 118 valence electrons. The molecule has 0 bridgehead atoms. The van der Waals surface area contributed by atoms with Crippen LogP contribution in [0.4, 0.5) is 0 Å². The standard InChI is InChI=1S/C15H25N3O3/c1-3-16-14(20)10(2)17-12-9-13(19)18(15(12)21)11-7-5-4-6-8-11/h10-12,17H,3-9H2,1-2H3,(H,16,20). The van der Waals surface area contributed by atoms with Gasteiger partial charge in [0.05, 0.1) is 18.5 Å². The summed E-state index contributed by atoms with van der Waals surface area (Å²) in [6.45, 7) is 4.11. The highest BCUT2D eigenvalue weighted by molar-refractivity contribution is 6.06. The Morgan fingerprint density at radius 3 is 2.57 bits per heavy atom. The second kappa shape index (κ2) is 7.02. The number of imide groups is 1. The number of hydrogen-bond donors (Lipinski definition) is 2. The third-order valence-electron chi connectivity index (χ3n) is 4.32. The molecule has 0 aromatic carbocycles. The van der Waals surface area contributed by atoms with Crippen molar-refractivity contribution in [1.82, 2.24) is 15.5 Å². The molecular formula is C15H25N3O3. The number of hydrogen-bond acceptors (Lipinski definition) is 4.